The zero-order valence-corrected chi connectivity index (χ0v) is 21.7. The Morgan fingerprint density at radius 1 is 0.868 bits per heavy atom. The Balaban J connectivity index is 1.38. The van der Waals surface area contributed by atoms with Crippen molar-refractivity contribution in [2.45, 2.75) is 31.9 Å². The molecule has 1 N–H and O–H groups in total. The first-order valence-corrected chi connectivity index (χ1v) is 13.7. The summed E-state index contributed by atoms with van der Waals surface area (Å²) in [5.41, 5.74) is 1.09. The molecule has 3 aromatic carbocycles. The highest BCUT2D eigenvalue weighted by molar-refractivity contribution is 7.49. The average Bonchev–Trinajstić information content (AvgIpc) is 2.92. The van der Waals surface area contributed by atoms with Crippen molar-refractivity contribution in [3.05, 3.63) is 109 Å². The van der Waals surface area contributed by atoms with Gasteiger partial charge in [0.2, 0.25) is 5.88 Å². The Hall–Kier alpha value is -3.94. The van der Waals surface area contributed by atoms with Gasteiger partial charge in [0.25, 0.3) is 0 Å². The predicted octanol–water partition coefficient (Wildman–Crippen LogP) is 6.83. The second kappa shape index (κ2) is 13.6. The summed E-state index contributed by atoms with van der Waals surface area (Å²) < 4.78 is 41.8. The molecule has 4 rings (SSSR count). The van der Waals surface area contributed by atoms with Gasteiger partial charge in [-0.15, -0.1) is 0 Å². The summed E-state index contributed by atoms with van der Waals surface area (Å²) in [7, 11) is -4.38. The quantitative estimate of drug-likeness (QED) is 0.186. The Morgan fingerprint density at radius 2 is 1.45 bits per heavy atom. The van der Waals surface area contributed by atoms with Gasteiger partial charge in [-0.05, 0) is 49.1 Å². The number of hydrogen-bond acceptors (Lipinski definition) is 7. The summed E-state index contributed by atoms with van der Waals surface area (Å²) in [6, 6.07) is 26.1. The van der Waals surface area contributed by atoms with Crippen LogP contribution in [0.4, 0.5) is 4.79 Å². The Bertz CT molecular complexity index is 1180. The molecule has 0 bridgehead atoms. The van der Waals surface area contributed by atoms with Crippen molar-refractivity contribution >= 4 is 13.9 Å². The molecule has 10 heteroatoms. The maximum Gasteiger partial charge on any atom is 0.648 e. The van der Waals surface area contributed by atoms with Gasteiger partial charge in [-0.25, -0.2) is 9.69 Å². The number of benzene rings is 3. The van der Waals surface area contributed by atoms with Gasteiger partial charge in [0.1, 0.15) is 24.4 Å². The molecule has 0 unspecified atom stereocenters. The van der Waals surface area contributed by atoms with E-state index in [0.29, 0.717) is 26.1 Å². The standard InChI is InChI=1S/C28H30NO8P/c30-28(31)29-24(14-10-11-19-33-20-23-12-4-1-5-13-23)21-34-22-27(29)37-38(32,35-25-15-6-2-7-16-25)36-26-17-8-3-9-18-26/h1-9,12-13,15-18,22,24H,10-11,14,19-21H2,(H,30,31)/t24-/m0/s1. The smallest absolute Gasteiger partial charge is 0.493 e. The molecule has 1 atom stereocenters. The molecule has 1 amide bonds. The van der Waals surface area contributed by atoms with Crippen molar-refractivity contribution in [3.8, 4) is 11.5 Å². The Morgan fingerprint density at radius 3 is 2.03 bits per heavy atom. The van der Waals surface area contributed by atoms with Gasteiger partial charge in [0.15, 0.2) is 0 Å². The topological polar surface area (TPSA) is 104 Å². The number of carbonyl (C=O) groups is 1. The maximum atomic E-state index is 13.7. The monoisotopic (exact) mass is 539 g/mol. The fourth-order valence-corrected chi connectivity index (χ4v) is 5.04. The summed E-state index contributed by atoms with van der Waals surface area (Å²) in [6.45, 7) is 1.20. The van der Waals surface area contributed by atoms with E-state index >= 15 is 0 Å². The molecule has 1 heterocycles. The fraction of sp³-hybridized carbons (Fsp3) is 0.250. The molecule has 0 saturated heterocycles. The van der Waals surface area contributed by atoms with Crippen LogP contribution in [-0.4, -0.2) is 35.4 Å². The largest absolute Gasteiger partial charge is 0.648 e. The van der Waals surface area contributed by atoms with E-state index in [-0.39, 0.29) is 24.0 Å². The van der Waals surface area contributed by atoms with Gasteiger partial charge < -0.3 is 28.2 Å². The normalized spacial score (nSPS) is 15.2. The summed E-state index contributed by atoms with van der Waals surface area (Å²) in [4.78, 5) is 13.2. The van der Waals surface area contributed by atoms with Crippen molar-refractivity contribution < 1.29 is 37.5 Å². The van der Waals surface area contributed by atoms with Gasteiger partial charge >= 0.3 is 13.9 Å². The van der Waals surface area contributed by atoms with Crippen LogP contribution in [-0.2, 0) is 25.2 Å². The van der Waals surface area contributed by atoms with Crippen LogP contribution in [0.3, 0.4) is 0 Å². The predicted molar refractivity (Wildman–Crippen MR) is 140 cm³/mol. The molecule has 0 aliphatic carbocycles. The van der Waals surface area contributed by atoms with E-state index in [9.17, 15) is 14.5 Å². The van der Waals surface area contributed by atoms with E-state index in [1.54, 1.807) is 60.7 Å². The number of para-hydroxylation sites is 2. The number of unbranched alkanes of at least 4 members (excludes halogenated alkanes) is 1. The number of nitrogens with zero attached hydrogens (tertiary/aromatic N) is 1. The van der Waals surface area contributed by atoms with Crippen molar-refractivity contribution in [2.24, 2.45) is 0 Å². The summed E-state index contributed by atoms with van der Waals surface area (Å²) in [6.07, 6.45) is 1.77. The van der Waals surface area contributed by atoms with Crippen LogP contribution in [0.15, 0.2) is 103 Å². The minimum Gasteiger partial charge on any atom is -0.493 e. The number of rotatable bonds is 13. The number of amides is 1. The zero-order chi connectivity index (χ0) is 26.6. The van der Waals surface area contributed by atoms with Crippen LogP contribution in [0.2, 0.25) is 0 Å². The fourth-order valence-electron chi connectivity index (χ4n) is 3.81. The summed E-state index contributed by atoms with van der Waals surface area (Å²) in [5, 5.41) is 9.98. The molecular formula is C28H30NO8P. The van der Waals surface area contributed by atoms with Crippen molar-refractivity contribution in [3.63, 3.8) is 0 Å². The lowest BCUT2D eigenvalue weighted by Crippen LogP contribution is -2.44. The van der Waals surface area contributed by atoms with Gasteiger partial charge in [-0.3, -0.25) is 0 Å². The molecule has 0 spiro atoms. The minimum atomic E-state index is -4.38. The van der Waals surface area contributed by atoms with Crippen molar-refractivity contribution in [1.29, 1.82) is 0 Å². The first-order valence-electron chi connectivity index (χ1n) is 12.3. The lowest BCUT2D eigenvalue weighted by Gasteiger charge is -2.34. The minimum absolute atomic E-state index is 0.132. The molecule has 0 saturated carbocycles. The number of hydrogen-bond donors (Lipinski definition) is 1. The number of ether oxygens (including phenoxy) is 2. The van der Waals surface area contributed by atoms with E-state index in [2.05, 4.69) is 0 Å². The summed E-state index contributed by atoms with van der Waals surface area (Å²) in [5.74, 6) is 0.195. The molecule has 0 aromatic heterocycles. The van der Waals surface area contributed by atoms with E-state index in [1.165, 1.54) is 0 Å². The van der Waals surface area contributed by atoms with Gasteiger partial charge in [-0.1, -0.05) is 66.7 Å². The van der Waals surface area contributed by atoms with Crippen LogP contribution in [0.25, 0.3) is 0 Å². The SMILES string of the molecule is O=C(O)N1C(OP(=O)(Oc2ccccc2)Oc2ccccc2)=COC[C@@H]1CCCCOCc1ccccc1. The first kappa shape index (κ1) is 27.1. The average molecular weight is 540 g/mol. The van der Waals surface area contributed by atoms with Gasteiger partial charge in [0.05, 0.1) is 12.6 Å². The molecule has 9 nitrogen and oxygen atoms in total. The van der Waals surface area contributed by atoms with Crippen LogP contribution >= 0.6 is 7.82 Å². The van der Waals surface area contributed by atoms with Crippen LogP contribution in [0.1, 0.15) is 24.8 Å². The summed E-state index contributed by atoms with van der Waals surface area (Å²) >= 11 is 0. The van der Waals surface area contributed by atoms with E-state index < -0.39 is 20.0 Å². The molecule has 0 radical (unpaired) electrons. The third kappa shape index (κ3) is 8.03. The van der Waals surface area contributed by atoms with Crippen LogP contribution in [0, 0.1) is 0 Å². The second-order valence-electron chi connectivity index (χ2n) is 8.48. The third-order valence-electron chi connectivity index (χ3n) is 5.60. The highest BCUT2D eigenvalue weighted by Crippen LogP contribution is 2.52. The van der Waals surface area contributed by atoms with Crippen molar-refractivity contribution in [2.75, 3.05) is 13.2 Å². The van der Waals surface area contributed by atoms with Gasteiger partial charge in [0, 0.05) is 6.61 Å². The number of phosphoric ester groups is 1. The molecular weight excluding hydrogens is 509 g/mol. The van der Waals surface area contributed by atoms with E-state index in [4.69, 9.17) is 23.0 Å². The first-order chi connectivity index (χ1) is 18.5. The van der Waals surface area contributed by atoms with Crippen molar-refractivity contribution in [1.82, 2.24) is 4.90 Å². The lowest BCUT2D eigenvalue weighted by atomic mass is 10.1. The maximum absolute atomic E-state index is 13.7. The van der Waals surface area contributed by atoms with E-state index in [0.717, 1.165) is 23.1 Å². The molecule has 1 aliphatic rings. The van der Waals surface area contributed by atoms with Crippen LogP contribution in [0.5, 0.6) is 11.5 Å². The Labute approximate surface area is 221 Å². The Kier molecular flexibility index (Phi) is 9.67. The zero-order valence-electron chi connectivity index (χ0n) is 20.8. The highest BCUT2D eigenvalue weighted by Gasteiger charge is 2.40. The van der Waals surface area contributed by atoms with Gasteiger partial charge in [-0.2, -0.15) is 4.57 Å². The number of carboxylic acid groups (broad SMARTS) is 1. The van der Waals surface area contributed by atoms with E-state index in [1.807, 2.05) is 30.3 Å². The second-order valence-corrected chi connectivity index (χ2v) is 9.92. The molecule has 200 valence electrons. The molecule has 0 fully saturated rings. The lowest BCUT2D eigenvalue weighted by molar-refractivity contribution is 0.0403. The number of phosphoric acid groups is 1. The highest BCUT2D eigenvalue weighted by atomic mass is 31.2. The molecule has 38 heavy (non-hydrogen) atoms. The molecule has 3 aromatic rings. The molecule has 1 aliphatic heterocycles. The van der Waals surface area contributed by atoms with Crippen LogP contribution < -0.4 is 9.05 Å². The third-order valence-corrected chi connectivity index (χ3v) is 6.87.